The van der Waals surface area contributed by atoms with Crippen molar-refractivity contribution in [2.75, 3.05) is 14.2 Å². The fourth-order valence-electron chi connectivity index (χ4n) is 2.73. The van der Waals surface area contributed by atoms with Crippen LogP contribution in [0.25, 0.3) is 0 Å². The molecular formula is C20H26N2O5S. The first-order chi connectivity index (χ1) is 13.3. The zero-order chi connectivity index (χ0) is 20.7. The Morgan fingerprint density at radius 3 is 2.32 bits per heavy atom. The van der Waals surface area contributed by atoms with Crippen LogP contribution >= 0.6 is 0 Å². The highest BCUT2D eigenvalue weighted by Crippen LogP contribution is 2.24. The van der Waals surface area contributed by atoms with Gasteiger partial charge in [0.25, 0.3) is 5.91 Å². The van der Waals surface area contributed by atoms with Crippen LogP contribution in [0.1, 0.15) is 35.3 Å². The molecule has 0 aliphatic heterocycles. The predicted molar refractivity (Wildman–Crippen MR) is 108 cm³/mol. The minimum absolute atomic E-state index is 0.150. The number of carbonyl (C=O) groups excluding carboxylic acids is 1. The number of methoxy groups -OCH3 is 2. The van der Waals surface area contributed by atoms with Gasteiger partial charge in [-0.1, -0.05) is 24.3 Å². The number of carbonyl (C=O) groups is 1. The summed E-state index contributed by atoms with van der Waals surface area (Å²) in [5.41, 5.74) is 1.74. The minimum Gasteiger partial charge on any atom is -0.497 e. The first-order valence-electron chi connectivity index (χ1n) is 8.82. The molecular weight excluding hydrogens is 380 g/mol. The fourth-order valence-corrected chi connectivity index (χ4v) is 4.23. The van der Waals surface area contributed by atoms with Crippen LogP contribution in [0.5, 0.6) is 11.5 Å². The number of sulfonamides is 1. The van der Waals surface area contributed by atoms with Crippen molar-refractivity contribution >= 4 is 15.9 Å². The van der Waals surface area contributed by atoms with Crippen molar-refractivity contribution in [1.29, 1.82) is 0 Å². The van der Waals surface area contributed by atoms with Crippen molar-refractivity contribution in [3.63, 3.8) is 0 Å². The van der Waals surface area contributed by atoms with Gasteiger partial charge in [0.2, 0.25) is 10.0 Å². The maximum absolute atomic E-state index is 12.6. The molecule has 0 aliphatic rings. The standard InChI is InChI=1S/C20H26N2O5S/c1-14(2)22-28(24,25)13-16-8-6-5-7-15(16)12-21-20(23)18-10-9-17(26-3)11-19(18)27-4/h5-11,14,22H,12-13H2,1-4H3,(H,21,23). The van der Waals surface area contributed by atoms with E-state index in [-0.39, 0.29) is 24.2 Å². The van der Waals surface area contributed by atoms with E-state index in [4.69, 9.17) is 9.47 Å². The van der Waals surface area contributed by atoms with Crippen LogP contribution in [0.2, 0.25) is 0 Å². The molecule has 0 atom stereocenters. The predicted octanol–water partition coefficient (Wildman–Crippen LogP) is 2.46. The van der Waals surface area contributed by atoms with Gasteiger partial charge in [0, 0.05) is 18.7 Å². The topological polar surface area (TPSA) is 93.7 Å². The molecule has 0 saturated carbocycles. The summed E-state index contributed by atoms with van der Waals surface area (Å²) in [5, 5.41) is 2.82. The first-order valence-corrected chi connectivity index (χ1v) is 10.5. The Hall–Kier alpha value is -2.58. The molecule has 0 bridgehead atoms. The summed E-state index contributed by atoms with van der Waals surface area (Å²) < 4.78 is 37.4. The molecule has 0 radical (unpaired) electrons. The summed E-state index contributed by atoms with van der Waals surface area (Å²) in [6.07, 6.45) is 0. The van der Waals surface area contributed by atoms with Crippen LogP contribution in [-0.2, 0) is 22.3 Å². The summed E-state index contributed by atoms with van der Waals surface area (Å²) in [4.78, 5) is 12.6. The van der Waals surface area contributed by atoms with E-state index in [2.05, 4.69) is 10.0 Å². The highest BCUT2D eigenvalue weighted by atomic mass is 32.2. The second kappa shape index (κ2) is 9.57. The molecule has 2 aromatic rings. The monoisotopic (exact) mass is 406 g/mol. The van der Waals surface area contributed by atoms with Crippen molar-refractivity contribution in [3.05, 3.63) is 59.2 Å². The number of nitrogens with one attached hydrogen (secondary N) is 2. The first kappa shape index (κ1) is 21.7. The molecule has 0 aromatic heterocycles. The van der Waals surface area contributed by atoms with Gasteiger partial charge in [0.05, 0.1) is 25.5 Å². The number of ether oxygens (including phenoxy) is 2. The van der Waals surface area contributed by atoms with E-state index < -0.39 is 10.0 Å². The molecule has 0 aliphatic carbocycles. The van der Waals surface area contributed by atoms with Gasteiger partial charge < -0.3 is 14.8 Å². The lowest BCUT2D eigenvalue weighted by atomic mass is 10.1. The Morgan fingerprint density at radius 1 is 1.04 bits per heavy atom. The van der Waals surface area contributed by atoms with Crippen molar-refractivity contribution < 1.29 is 22.7 Å². The average Bonchev–Trinajstić information content (AvgIpc) is 2.65. The van der Waals surface area contributed by atoms with Crippen LogP contribution in [0.3, 0.4) is 0 Å². The molecule has 2 aromatic carbocycles. The molecule has 0 fully saturated rings. The Morgan fingerprint density at radius 2 is 1.71 bits per heavy atom. The van der Waals surface area contributed by atoms with Crippen LogP contribution < -0.4 is 19.5 Å². The van der Waals surface area contributed by atoms with Crippen LogP contribution in [0.15, 0.2) is 42.5 Å². The smallest absolute Gasteiger partial charge is 0.255 e. The van der Waals surface area contributed by atoms with Crippen LogP contribution in [0.4, 0.5) is 0 Å². The van der Waals surface area contributed by atoms with E-state index in [0.29, 0.717) is 22.6 Å². The highest BCUT2D eigenvalue weighted by Gasteiger charge is 2.17. The minimum atomic E-state index is -3.46. The molecule has 2 N–H and O–H groups in total. The van der Waals surface area contributed by atoms with Crippen molar-refractivity contribution in [2.45, 2.75) is 32.2 Å². The summed E-state index contributed by atoms with van der Waals surface area (Å²) in [7, 11) is -0.447. The highest BCUT2D eigenvalue weighted by molar-refractivity contribution is 7.88. The summed E-state index contributed by atoms with van der Waals surface area (Å²) in [5.74, 6) is 0.510. The lowest BCUT2D eigenvalue weighted by molar-refractivity contribution is 0.0948. The molecule has 8 heteroatoms. The molecule has 28 heavy (non-hydrogen) atoms. The molecule has 0 unspecified atom stereocenters. The van der Waals surface area contributed by atoms with E-state index in [9.17, 15) is 13.2 Å². The average molecular weight is 407 g/mol. The van der Waals surface area contributed by atoms with Gasteiger partial charge in [-0.05, 0) is 37.1 Å². The SMILES string of the molecule is COc1ccc(C(=O)NCc2ccccc2CS(=O)(=O)NC(C)C)c(OC)c1. The Balaban J connectivity index is 2.14. The number of amides is 1. The van der Waals surface area contributed by atoms with Crippen molar-refractivity contribution in [2.24, 2.45) is 0 Å². The molecule has 0 heterocycles. The molecule has 2 rings (SSSR count). The Bertz CT molecular complexity index is 926. The summed E-state index contributed by atoms with van der Waals surface area (Å²) in [6, 6.07) is 11.9. The molecule has 1 amide bonds. The molecule has 0 saturated heterocycles. The summed E-state index contributed by atoms with van der Waals surface area (Å²) in [6.45, 7) is 3.74. The second-order valence-corrected chi connectivity index (χ2v) is 8.30. The molecule has 0 spiro atoms. The third-order valence-electron chi connectivity index (χ3n) is 3.97. The quantitative estimate of drug-likeness (QED) is 0.667. The van der Waals surface area contributed by atoms with E-state index in [1.807, 2.05) is 0 Å². The van der Waals surface area contributed by atoms with Crippen LogP contribution in [-0.4, -0.2) is 34.6 Å². The van der Waals surface area contributed by atoms with Crippen molar-refractivity contribution in [3.8, 4) is 11.5 Å². The van der Waals surface area contributed by atoms with Gasteiger partial charge in [-0.15, -0.1) is 0 Å². The zero-order valence-corrected chi connectivity index (χ0v) is 17.3. The third kappa shape index (κ3) is 5.97. The maximum atomic E-state index is 12.6. The van der Waals surface area contributed by atoms with Crippen LogP contribution in [0, 0.1) is 0 Å². The number of benzene rings is 2. The fraction of sp³-hybridized carbons (Fsp3) is 0.350. The van der Waals surface area contributed by atoms with Gasteiger partial charge in [-0.2, -0.15) is 0 Å². The molecule has 7 nitrogen and oxygen atoms in total. The van der Waals surface area contributed by atoms with Gasteiger partial charge >= 0.3 is 0 Å². The van der Waals surface area contributed by atoms with Crippen molar-refractivity contribution in [1.82, 2.24) is 10.0 Å². The third-order valence-corrected chi connectivity index (χ3v) is 5.49. The van der Waals surface area contributed by atoms with Gasteiger partial charge in [0.15, 0.2) is 0 Å². The lowest BCUT2D eigenvalue weighted by Crippen LogP contribution is -2.32. The number of hydrogen-bond acceptors (Lipinski definition) is 5. The van der Waals surface area contributed by atoms with Gasteiger partial charge in [-0.25, -0.2) is 13.1 Å². The Kier molecular flexibility index (Phi) is 7.42. The van der Waals surface area contributed by atoms with E-state index in [0.717, 1.165) is 5.56 Å². The number of rotatable bonds is 9. The van der Waals surface area contributed by atoms with E-state index >= 15 is 0 Å². The van der Waals surface area contributed by atoms with Gasteiger partial charge in [-0.3, -0.25) is 4.79 Å². The second-order valence-electron chi connectivity index (χ2n) is 6.55. The largest absolute Gasteiger partial charge is 0.497 e. The van der Waals surface area contributed by atoms with E-state index in [1.165, 1.54) is 14.2 Å². The van der Waals surface area contributed by atoms with Gasteiger partial charge in [0.1, 0.15) is 11.5 Å². The van der Waals surface area contributed by atoms with E-state index in [1.54, 1.807) is 56.3 Å². The number of hydrogen-bond donors (Lipinski definition) is 2. The normalized spacial score (nSPS) is 11.3. The maximum Gasteiger partial charge on any atom is 0.255 e. The Labute approximate surface area is 166 Å². The zero-order valence-electron chi connectivity index (χ0n) is 16.5. The molecule has 152 valence electrons. The lowest BCUT2D eigenvalue weighted by Gasteiger charge is -2.14. The summed E-state index contributed by atoms with van der Waals surface area (Å²) >= 11 is 0.